The number of carbonyl (C=O) groups excluding carboxylic acids is 1. The predicted molar refractivity (Wildman–Crippen MR) is 75.1 cm³/mol. The van der Waals surface area contributed by atoms with Gasteiger partial charge >= 0.3 is 0 Å². The number of aromatic nitrogens is 2. The Morgan fingerprint density at radius 2 is 2.24 bits per heavy atom. The Bertz CT molecular complexity index is 666. The third-order valence-electron chi connectivity index (χ3n) is 4.00. The zero-order valence-electron chi connectivity index (χ0n) is 11.9. The van der Waals surface area contributed by atoms with Gasteiger partial charge in [-0.15, -0.1) is 0 Å². The van der Waals surface area contributed by atoms with Crippen LogP contribution in [-0.4, -0.2) is 15.9 Å². The Balaban J connectivity index is 1.76. The number of hydrogen-bond donors (Lipinski definition) is 0. The molecule has 4 nitrogen and oxygen atoms in total. The van der Waals surface area contributed by atoms with Crippen molar-refractivity contribution >= 4 is 5.78 Å². The average Bonchev–Trinajstić information content (AvgIpc) is 2.93. The van der Waals surface area contributed by atoms with Crippen molar-refractivity contribution in [2.75, 3.05) is 0 Å². The van der Waals surface area contributed by atoms with Crippen molar-refractivity contribution in [3.05, 3.63) is 35.5 Å². The zero-order chi connectivity index (χ0) is 14.8. The molecule has 3 rings (SSSR count). The number of ketones is 1. The largest absolute Gasteiger partial charge is 0.339 e. The molecular weight excluding hydrogens is 271 g/mol. The van der Waals surface area contributed by atoms with Crippen molar-refractivity contribution in [1.29, 1.82) is 0 Å². The van der Waals surface area contributed by atoms with E-state index in [1.165, 1.54) is 6.07 Å². The van der Waals surface area contributed by atoms with E-state index in [2.05, 4.69) is 10.1 Å². The molecule has 1 aromatic heterocycles. The summed E-state index contributed by atoms with van der Waals surface area (Å²) in [7, 11) is 0. The number of nitrogens with zero attached hydrogens (tertiary/aromatic N) is 2. The van der Waals surface area contributed by atoms with Crippen LogP contribution in [0.1, 0.15) is 37.1 Å². The van der Waals surface area contributed by atoms with Crippen molar-refractivity contribution in [2.45, 2.75) is 39.0 Å². The second kappa shape index (κ2) is 5.76. The molecule has 1 heterocycles. The molecule has 1 fully saturated rings. The van der Waals surface area contributed by atoms with Crippen LogP contribution in [0.3, 0.4) is 0 Å². The van der Waals surface area contributed by atoms with Gasteiger partial charge in [0.15, 0.2) is 0 Å². The molecule has 0 spiro atoms. The van der Waals surface area contributed by atoms with Gasteiger partial charge in [0.1, 0.15) is 11.6 Å². The average molecular weight is 288 g/mol. The third kappa shape index (κ3) is 3.01. The van der Waals surface area contributed by atoms with E-state index < -0.39 is 0 Å². The number of benzene rings is 1. The summed E-state index contributed by atoms with van der Waals surface area (Å²) < 4.78 is 18.8. The summed E-state index contributed by atoms with van der Waals surface area (Å²) in [5.41, 5.74) is 1.17. The van der Waals surface area contributed by atoms with Crippen molar-refractivity contribution in [1.82, 2.24) is 10.1 Å². The lowest BCUT2D eigenvalue weighted by molar-refractivity contribution is -0.124. The molecule has 1 saturated carbocycles. The van der Waals surface area contributed by atoms with Gasteiger partial charge in [0.2, 0.25) is 11.7 Å². The van der Waals surface area contributed by atoms with Crippen LogP contribution < -0.4 is 0 Å². The van der Waals surface area contributed by atoms with Gasteiger partial charge in [0.05, 0.1) is 0 Å². The van der Waals surface area contributed by atoms with Gasteiger partial charge in [-0.2, -0.15) is 4.98 Å². The first-order valence-corrected chi connectivity index (χ1v) is 7.25. The summed E-state index contributed by atoms with van der Waals surface area (Å²) in [5, 5.41) is 3.88. The highest BCUT2D eigenvalue weighted by Gasteiger charge is 2.24. The molecule has 21 heavy (non-hydrogen) atoms. The van der Waals surface area contributed by atoms with E-state index in [9.17, 15) is 9.18 Å². The van der Waals surface area contributed by atoms with Gasteiger partial charge in [-0.25, -0.2) is 4.39 Å². The van der Waals surface area contributed by atoms with Crippen LogP contribution in [0, 0.1) is 18.7 Å². The van der Waals surface area contributed by atoms with Crippen LogP contribution in [0.2, 0.25) is 0 Å². The third-order valence-corrected chi connectivity index (χ3v) is 4.00. The minimum absolute atomic E-state index is 0.0122. The van der Waals surface area contributed by atoms with Crippen molar-refractivity contribution in [2.24, 2.45) is 5.92 Å². The molecule has 1 unspecified atom stereocenters. The van der Waals surface area contributed by atoms with Crippen LogP contribution >= 0.6 is 0 Å². The van der Waals surface area contributed by atoms with Gasteiger partial charge in [0.25, 0.3) is 0 Å². The quantitative estimate of drug-likeness (QED) is 0.867. The van der Waals surface area contributed by atoms with Crippen LogP contribution in [0.5, 0.6) is 0 Å². The number of halogens is 1. The summed E-state index contributed by atoms with van der Waals surface area (Å²) in [6, 6.07) is 4.85. The van der Waals surface area contributed by atoms with E-state index >= 15 is 0 Å². The van der Waals surface area contributed by atoms with Gasteiger partial charge in [-0.3, -0.25) is 4.79 Å². The summed E-state index contributed by atoms with van der Waals surface area (Å²) in [5.74, 6) is 0.795. The Hall–Kier alpha value is -2.04. The molecule has 110 valence electrons. The molecule has 0 radical (unpaired) electrons. The highest BCUT2D eigenvalue weighted by molar-refractivity contribution is 5.81. The molecule has 2 aromatic rings. The fourth-order valence-corrected chi connectivity index (χ4v) is 2.67. The van der Waals surface area contributed by atoms with Gasteiger partial charge in [0, 0.05) is 24.3 Å². The Kier molecular flexibility index (Phi) is 3.82. The number of Topliss-reactive ketones (excluding diaryl/α,β-unsaturated/α-hetero) is 1. The molecule has 0 aliphatic heterocycles. The number of carbonyl (C=O) groups is 1. The lowest BCUT2D eigenvalue weighted by Crippen LogP contribution is -2.21. The molecule has 0 bridgehead atoms. The van der Waals surface area contributed by atoms with Crippen molar-refractivity contribution in [3.63, 3.8) is 0 Å². The Morgan fingerprint density at radius 3 is 3.00 bits per heavy atom. The molecule has 1 aliphatic rings. The maximum atomic E-state index is 13.6. The number of rotatable bonds is 3. The molecule has 0 saturated heterocycles. The van der Waals surface area contributed by atoms with E-state index in [0.29, 0.717) is 35.7 Å². The van der Waals surface area contributed by atoms with E-state index in [1.54, 1.807) is 19.1 Å². The molecule has 1 atom stereocenters. The minimum atomic E-state index is -0.290. The first kappa shape index (κ1) is 13.9. The smallest absolute Gasteiger partial charge is 0.227 e. The zero-order valence-corrected chi connectivity index (χ0v) is 11.9. The van der Waals surface area contributed by atoms with Crippen LogP contribution in [-0.2, 0) is 11.2 Å². The summed E-state index contributed by atoms with van der Waals surface area (Å²) in [6.07, 6.45) is 4.07. The fraction of sp³-hybridized carbons (Fsp3) is 0.438. The predicted octanol–water partition coefficient (Wildman–Crippen LogP) is 3.49. The second-order valence-electron chi connectivity index (χ2n) is 5.59. The molecule has 0 amide bonds. The lowest BCUT2D eigenvalue weighted by Gasteiger charge is -2.18. The lowest BCUT2D eigenvalue weighted by atomic mass is 9.86. The van der Waals surface area contributed by atoms with Gasteiger partial charge < -0.3 is 4.52 Å². The first-order valence-electron chi connectivity index (χ1n) is 7.25. The SMILES string of the molecule is Cc1ccc(-c2noc(CC3CCCCC3=O)n2)cc1F. The van der Waals surface area contributed by atoms with Crippen molar-refractivity contribution in [3.8, 4) is 11.4 Å². The Morgan fingerprint density at radius 1 is 1.38 bits per heavy atom. The molecule has 1 aliphatic carbocycles. The monoisotopic (exact) mass is 288 g/mol. The standard InChI is InChI=1S/C16H17FN2O2/c1-10-6-7-12(8-13(10)17)16-18-15(21-19-16)9-11-4-2-3-5-14(11)20/h6-8,11H,2-5,9H2,1H3. The van der Waals surface area contributed by atoms with E-state index in [0.717, 1.165) is 19.3 Å². The summed E-state index contributed by atoms with van der Waals surface area (Å²) in [6.45, 7) is 1.70. The highest BCUT2D eigenvalue weighted by Crippen LogP contribution is 2.25. The van der Waals surface area contributed by atoms with Crippen LogP contribution in [0.25, 0.3) is 11.4 Å². The van der Waals surface area contributed by atoms with Crippen LogP contribution in [0.15, 0.2) is 22.7 Å². The highest BCUT2D eigenvalue weighted by atomic mass is 19.1. The van der Waals surface area contributed by atoms with Gasteiger partial charge in [-0.05, 0) is 31.4 Å². The summed E-state index contributed by atoms with van der Waals surface area (Å²) >= 11 is 0. The first-order chi connectivity index (χ1) is 10.1. The molecule has 0 N–H and O–H groups in total. The Labute approximate surface area is 122 Å². The second-order valence-corrected chi connectivity index (χ2v) is 5.59. The van der Waals surface area contributed by atoms with Crippen LogP contribution in [0.4, 0.5) is 4.39 Å². The molecule has 5 heteroatoms. The van der Waals surface area contributed by atoms with Crippen molar-refractivity contribution < 1.29 is 13.7 Å². The van der Waals surface area contributed by atoms with Gasteiger partial charge in [-0.1, -0.05) is 23.7 Å². The minimum Gasteiger partial charge on any atom is -0.339 e. The topological polar surface area (TPSA) is 56.0 Å². The molecule has 1 aromatic carbocycles. The van der Waals surface area contributed by atoms with E-state index in [-0.39, 0.29) is 17.5 Å². The molecular formula is C16H17FN2O2. The number of aryl methyl sites for hydroxylation is 1. The normalized spacial score (nSPS) is 19.0. The fourth-order valence-electron chi connectivity index (χ4n) is 2.67. The van der Waals surface area contributed by atoms with E-state index in [4.69, 9.17) is 4.52 Å². The maximum Gasteiger partial charge on any atom is 0.227 e. The number of hydrogen-bond acceptors (Lipinski definition) is 4. The van der Waals surface area contributed by atoms with E-state index in [1.807, 2.05) is 0 Å². The maximum absolute atomic E-state index is 13.6. The summed E-state index contributed by atoms with van der Waals surface area (Å²) in [4.78, 5) is 16.1.